The topological polar surface area (TPSA) is 33.7 Å². The molecule has 0 aliphatic carbocycles. The van der Waals surface area contributed by atoms with E-state index < -0.39 is 0 Å². The normalized spacial score (nSPS) is 40.4. The summed E-state index contributed by atoms with van der Waals surface area (Å²) < 4.78 is 11.4. The number of nitrogens with one attached hydrogen (secondary N) is 1. The van der Waals surface area contributed by atoms with E-state index in [-0.39, 0.29) is 0 Å². The molecule has 0 aromatic heterocycles. The van der Waals surface area contributed by atoms with Crippen LogP contribution in [0.5, 0.6) is 0 Å². The maximum Gasteiger partial charge on any atom is 0.0674 e. The zero-order valence-electron chi connectivity index (χ0n) is 11.3. The Morgan fingerprint density at radius 3 is 2.88 bits per heavy atom. The highest BCUT2D eigenvalue weighted by Gasteiger charge is 2.36. The van der Waals surface area contributed by atoms with E-state index in [0.29, 0.717) is 24.2 Å². The van der Waals surface area contributed by atoms with E-state index in [0.717, 1.165) is 39.2 Å². The van der Waals surface area contributed by atoms with E-state index in [9.17, 15) is 0 Å². The molecule has 1 N–H and O–H groups in total. The quantitative estimate of drug-likeness (QED) is 0.796. The van der Waals surface area contributed by atoms with Crippen molar-refractivity contribution in [2.75, 3.05) is 33.4 Å². The van der Waals surface area contributed by atoms with Gasteiger partial charge in [-0.15, -0.1) is 0 Å². The Balaban J connectivity index is 2.05. The molecule has 2 fully saturated rings. The number of ether oxygens (including phenoxy) is 2. The second-order valence-corrected chi connectivity index (χ2v) is 5.23. The first kappa shape index (κ1) is 13.3. The van der Waals surface area contributed by atoms with Crippen LogP contribution in [0.1, 0.15) is 26.7 Å². The van der Waals surface area contributed by atoms with Gasteiger partial charge in [0.1, 0.15) is 0 Å². The van der Waals surface area contributed by atoms with E-state index >= 15 is 0 Å². The van der Waals surface area contributed by atoms with Crippen LogP contribution in [-0.2, 0) is 9.47 Å². The zero-order chi connectivity index (χ0) is 12.3. The summed E-state index contributed by atoms with van der Waals surface area (Å²) >= 11 is 0. The molecule has 0 radical (unpaired) electrons. The van der Waals surface area contributed by atoms with Crippen LogP contribution in [0.25, 0.3) is 0 Å². The molecule has 2 aliphatic heterocycles. The van der Waals surface area contributed by atoms with Gasteiger partial charge in [-0.2, -0.15) is 0 Å². The lowest BCUT2D eigenvalue weighted by Crippen LogP contribution is -2.61. The highest BCUT2D eigenvalue weighted by Crippen LogP contribution is 2.22. The minimum atomic E-state index is 0.345. The van der Waals surface area contributed by atoms with Crippen LogP contribution < -0.4 is 5.32 Å². The molecule has 0 spiro atoms. The Hall–Kier alpha value is -0.160. The Morgan fingerprint density at radius 2 is 2.18 bits per heavy atom. The molecule has 17 heavy (non-hydrogen) atoms. The monoisotopic (exact) mass is 242 g/mol. The maximum absolute atomic E-state index is 5.77. The van der Waals surface area contributed by atoms with Crippen molar-refractivity contribution >= 4 is 0 Å². The lowest BCUT2D eigenvalue weighted by atomic mass is 9.98. The van der Waals surface area contributed by atoms with Crippen molar-refractivity contribution in [3.05, 3.63) is 0 Å². The van der Waals surface area contributed by atoms with Gasteiger partial charge in [0.15, 0.2) is 0 Å². The van der Waals surface area contributed by atoms with Crippen molar-refractivity contribution < 1.29 is 9.47 Å². The Bertz CT molecular complexity index is 237. The summed E-state index contributed by atoms with van der Waals surface area (Å²) in [4.78, 5) is 2.61. The summed E-state index contributed by atoms with van der Waals surface area (Å²) in [5.41, 5.74) is 0. The summed E-state index contributed by atoms with van der Waals surface area (Å²) in [6, 6.07) is 1.61. The standard InChI is InChI=1S/C13H26N2O2/c1-4-11-8-17-10(2)7-15(11)13-9-16-6-5-12(13)14-3/h10-14H,4-9H2,1-3H3. The van der Waals surface area contributed by atoms with Crippen molar-refractivity contribution in [3.8, 4) is 0 Å². The third-order valence-corrected chi connectivity index (χ3v) is 4.10. The molecule has 4 nitrogen and oxygen atoms in total. The van der Waals surface area contributed by atoms with Crippen LogP contribution in [0.3, 0.4) is 0 Å². The van der Waals surface area contributed by atoms with Gasteiger partial charge < -0.3 is 14.8 Å². The molecule has 4 unspecified atom stereocenters. The minimum absolute atomic E-state index is 0.345. The molecule has 0 saturated carbocycles. The van der Waals surface area contributed by atoms with Crippen LogP contribution in [0.15, 0.2) is 0 Å². The summed E-state index contributed by atoms with van der Waals surface area (Å²) in [6.45, 7) is 8.05. The predicted molar refractivity (Wildman–Crippen MR) is 68.3 cm³/mol. The van der Waals surface area contributed by atoms with Gasteiger partial charge in [0.25, 0.3) is 0 Å². The van der Waals surface area contributed by atoms with Crippen molar-refractivity contribution in [2.45, 2.75) is 50.9 Å². The smallest absolute Gasteiger partial charge is 0.0674 e. The molecule has 4 atom stereocenters. The molecule has 4 heteroatoms. The number of hydrogen-bond acceptors (Lipinski definition) is 4. The number of rotatable bonds is 3. The van der Waals surface area contributed by atoms with Crippen molar-refractivity contribution in [3.63, 3.8) is 0 Å². The fourth-order valence-corrected chi connectivity index (χ4v) is 3.01. The fourth-order valence-electron chi connectivity index (χ4n) is 3.01. The van der Waals surface area contributed by atoms with Gasteiger partial charge in [0.05, 0.1) is 19.3 Å². The molecule has 0 aromatic rings. The van der Waals surface area contributed by atoms with Crippen LogP contribution in [0.4, 0.5) is 0 Å². The number of likely N-dealkylation sites (N-methyl/N-ethyl adjacent to an activating group) is 1. The number of nitrogens with zero attached hydrogens (tertiary/aromatic N) is 1. The lowest BCUT2D eigenvalue weighted by molar-refractivity contribution is -0.102. The molecule has 2 saturated heterocycles. The highest BCUT2D eigenvalue weighted by molar-refractivity contribution is 4.92. The van der Waals surface area contributed by atoms with Gasteiger partial charge in [-0.1, -0.05) is 6.92 Å². The van der Waals surface area contributed by atoms with E-state index in [1.165, 1.54) is 0 Å². The largest absolute Gasteiger partial charge is 0.380 e. The summed E-state index contributed by atoms with van der Waals surface area (Å²) in [7, 11) is 2.06. The van der Waals surface area contributed by atoms with E-state index in [4.69, 9.17) is 9.47 Å². The molecule has 0 bridgehead atoms. The lowest BCUT2D eigenvalue weighted by Gasteiger charge is -2.47. The third-order valence-electron chi connectivity index (χ3n) is 4.10. The first-order valence-electron chi connectivity index (χ1n) is 6.88. The van der Waals surface area contributed by atoms with Gasteiger partial charge in [0, 0.05) is 31.3 Å². The minimum Gasteiger partial charge on any atom is -0.380 e. The number of morpholine rings is 1. The molecule has 100 valence electrons. The Morgan fingerprint density at radius 1 is 1.35 bits per heavy atom. The van der Waals surface area contributed by atoms with Crippen LogP contribution in [0.2, 0.25) is 0 Å². The second kappa shape index (κ2) is 6.14. The SMILES string of the molecule is CCC1COC(C)CN1C1COCCC1NC. The van der Waals surface area contributed by atoms with Gasteiger partial charge in [0.2, 0.25) is 0 Å². The van der Waals surface area contributed by atoms with Crippen molar-refractivity contribution in [1.82, 2.24) is 10.2 Å². The molecule has 2 heterocycles. The molecule has 0 aromatic carbocycles. The predicted octanol–water partition coefficient (Wildman–Crippen LogP) is 0.863. The summed E-state index contributed by atoms with van der Waals surface area (Å²) in [5, 5.41) is 3.45. The van der Waals surface area contributed by atoms with Crippen LogP contribution in [-0.4, -0.2) is 62.5 Å². The Labute approximate surface area is 105 Å². The third kappa shape index (κ3) is 2.99. The van der Waals surface area contributed by atoms with E-state index in [2.05, 4.69) is 31.1 Å². The molecular formula is C13H26N2O2. The average molecular weight is 242 g/mol. The van der Waals surface area contributed by atoms with E-state index in [1.54, 1.807) is 0 Å². The average Bonchev–Trinajstić information content (AvgIpc) is 2.38. The zero-order valence-corrected chi connectivity index (χ0v) is 11.3. The van der Waals surface area contributed by atoms with Gasteiger partial charge in [-0.3, -0.25) is 4.90 Å². The highest BCUT2D eigenvalue weighted by atomic mass is 16.5. The number of hydrogen-bond donors (Lipinski definition) is 1. The van der Waals surface area contributed by atoms with E-state index in [1.807, 2.05) is 0 Å². The molecule has 2 rings (SSSR count). The first-order chi connectivity index (χ1) is 8.26. The first-order valence-corrected chi connectivity index (χ1v) is 6.88. The van der Waals surface area contributed by atoms with Crippen molar-refractivity contribution in [1.29, 1.82) is 0 Å². The van der Waals surface area contributed by atoms with Crippen LogP contribution >= 0.6 is 0 Å². The van der Waals surface area contributed by atoms with Gasteiger partial charge >= 0.3 is 0 Å². The summed E-state index contributed by atoms with van der Waals surface area (Å²) in [5.74, 6) is 0. The second-order valence-electron chi connectivity index (χ2n) is 5.23. The van der Waals surface area contributed by atoms with Gasteiger partial charge in [-0.25, -0.2) is 0 Å². The molecular weight excluding hydrogens is 216 g/mol. The maximum atomic E-state index is 5.77. The van der Waals surface area contributed by atoms with Crippen molar-refractivity contribution in [2.24, 2.45) is 0 Å². The van der Waals surface area contributed by atoms with Gasteiger partial charge in [-0.05, 0) is 26.8 Å². The Kier molecular flexibility index (Phi) is 4.79. The fraction of sp³-hybridized carbons (Fsp3) is 1.00. The van der Waals surface area contributed by atoms with Crippen LogP contribution in [0, 0.1) is 0 Å². The summed E-state index contributed by atoms with van der Waals surface area (Å²) in [6.07, 6.45) is 2.61. The molecule has 2 aliphatic rings. The molecule has 0 amide bonds.